The maximum Gasteiger partial charge on any atom is 0.143 e. The fourth-order valence-electron chi connectivity index (χ4n) is 8.45. The van der Waals surface area contributed by atoms with Crippen LogP contribution in [0.4, 0.5) is 17.1 Å². The lowest BCUT2D eigenvalue weighted by Gasteiger charge is -2.27. The molecule has 0 bridgehead atoms. The number of nitrogens with zero attached hydrogens (tertiary/aromatic N) is 1. The van der Waals surface area contributed by atoms with Crippen molar-refractivity contribution < 1.29 is 4.42 Å². The molecule has 0 fully saturated rings. The smallest absolute Gasteiger partial charge is 0.143 e. The van der Waals surface area contributed by atoms with Gasteiger partial charge in [-0.15, -0.1) is 0 Å². The molecule has 56 heavy (non-hydrogen) atoms. The van der Waals surface area contributed by atoms with Crippen molar-refractivity contribution in [2.24, 2.45) is 0 Å². The number of furan rings is 1. The molecule has 0 saturated carbocycles. The van der Waals surface area contributed by atoms with Gasteiger partial charge in [0.1, 0.15) is 11.2 Å². The Morgan fingerprint density at radius 3 is 1.62 bits per heavy atom. The molecule has 0 saturated heterocycles. The Morgan fingerprint density at radius 2 is 0.857 bits per heavy atom. The molecule has 10 aromatic carbocycles. The van der Waals surface area contributed by atoms with Gasteiger partial charge in [-0.05, 0) is 103 Å². The lowest BCUT2D eigenvalue weighted by atomic mass is 9.97. The highest BCUT2D eigenvalue weighted by Gasteiger charge is 2.17. The van der Waals surface area contributed by atoms with Crippen LogP contribution < -0.4 is 4.90 Å². The van der Waals surface area contributed by atoms with Crippen molar-refractivity contribution in [1.29, 1.82) is 0 Å². The van der Waals surface area contributed by atoms with Gasteiger partial charge in [0, 0.05) is 33.1 Å². The van der Waals surface area contributed by atoms with Gasteiger partial charge < -0.3 is 9.32 Å². The second-order valence-electron chi connectivity index (χ2n) is 14.5. The van der Waals surface area contributed by atoms with Gasteiger partial charge in [0.2, 0.25) is 0 Å². The van der Waals surface area contributed by atoms with Crippen molar-refractivity contribution in [2.75, 3.05) is 4.90 Å². The molecule has 11 rings (SSSR count). The van der Waals surface area contributed by atoms with Crippen molar-refractivity contribution in [3.05, 3.63) is 212 Å². The minimum Gasteiger partial charge on any atom is -0.455 e. The summed E-state index contributed by atoms with van der Waals surface area (Å²) in [6, 6.07) is 76.4. The molecule has 0 aliphatic rings. The Labute approximate surface area is 325 Å². The lowest BCUT2D eigenvalue weighted by molar-refractivity contribution is 0.670. The predicted molar refractivity (Wildman–Crippen MR) is 237 cm³/mol. The standard InChI is InChI=1S/C54H35NO/c1-2-10-39(11-3-1)49-17-9-18-50-51-35-42(27-33-53(51)56-54(49)50)37-24-30-45(31-25-37)55(52-19-8-14-38-12-5-7-16-48(38)52)44-28-22-36(23-29-44)41-26-32-47-43(34-41)21-20-40-13-4-6-15-46(40)47/h1-35H. The van der Waals surface area contributed by atoms with Crippen LogP contribution in [-0.2, 0) is 0 Å². The zero-order valence-electron chi connectivity index (χ0n) is 30.6. The third-order valence-electron chi connectivity index (χ3n) is 11.3. The Hall–Kier alpha value is -7.42. The highest BCUT2D eigenvalue weighted by Crippen LogP contribution is 2.42. The van der Waals surface area contributed by atoms with E-state index in [2.05, 4.69) is 211 Å². The molecule has 0 radical (unpaired) electrons. The van der Waals surface area contributed by atoms with E-state index in [4.69, 9.17) is 4.42 Å². The molecule has 0 aliphatic heterocycles. The number of para-hydroxylation sites is 1. The minimum absolute atomic E-state index is 0.895. The van der Waals surface area contributed by atoms with Crippen molar-refractivity contribution >= 4 is 71.3 Å². The van der Waals surface area contributed by atoms with Crippen molar-refractivity contribution in [3.8, 4) is 33.4 Å². The topological polar surface area (TPSA) is 16.4 Å². The molecule has 2 heteroatoms. The SMILES string of the molecule is c1ccc(-c2cccc3c2oc2ccc(-c4ccc(N(c5ccc(-c6ccc7c(ccc8ccccc87)c6)cc5)c5cccc6ccccc56)cc4)cc23)cc1. The Kier molecular flexibility index (Phi) is 7.53. The third kappa shape index (κ3) is 5.42. The monoisotopic (exact) mass is 713 g/mol. The summed E-state index contributed by atoms with van der Waals surface area (Å²) < 4.78 is 6.48. The molecule has 0 atom stereocenters. The normalized spacial score (nSPS) is 11.6. The van der Waals surface area contributed by atoms with Gasteiger partial charge in [0.15, 0.2) is 0 Å². The van der Waals surface area contributed by atoms with Crippen molar-refractivity contribution in [1.82, 2.24) is 0 Å². The summed E-state index contributed by atoms with van der Waals surface area (Å²) >= 11 is 0. The van der Waals surface area contributed by atoms with E-state index in [1.54, 1.807) is 0 Å². The first kappa shape index (κ1) is 32.0. The number of hydrogen-bond acceptors (Lipinski definition) is 2. The van der Waals surface area contributed by atoms with Crippen LogP contribution in [0.3, 0.4) is 0 Å². The van der Waals surface area contributed by atoms with E-state index in [1.165, 1.54) is 43.4 Å². The molecule has 2 nitrogen and oxygen atoms in total. The summed E-state index contributed by atoms with van der Waals surface area (Å²) in [6.07, 6.45) is 0. The van der Waals surface area contributed by atoms with Crippen LogP contribution in [0.25, 0.3) is 87.6 Å². The number of fused-ring (bicyclic) bond motifs is 7. The zero-order valence-corrected chi connectivity index (χ0v) is 30.6. The molecule has 0 aliphatic carbocycles. The first-order chi connectivity index (χ1) is 27.7. The lowest BCUT2D eigenvalue weighted by Crippen LogP contribution is -2.10. The number of hydrogen-bond donors (Lipinski definition) is 0. The first-order valence-electron chi connectivity index (χ1n) is 19.2. The summed E-state index contributed by atoms with van der Waals surface area (Å²) in [5, 5.41) is 9.75. The van der Waals surface area contributed by atoms with Crippen LogP contribution in [0, 0.1) is 0 Å². The van der Waals surface area contributed by atoms with Crippen LogP contribution >= 0.6 is 0 Å². The second kappa shape index (κ2) is 13.2. The van der Waals surface area contributed by atoms with Gasteiger partial charge in [0.05, 0.1) is 5.69 Å². The van der Waals surface area contributed by atoms with E-state index in [1.807, 2.05) is 6.07 Å². The van der Waals surface area contributed by atoms with Gasteiger partial charge in [-0.2, -0.15) is 0 Å². The zero-order chi connectivity index (χ0) is 37.0. The number of rotatable bonds is 6. The molecule has 0 N–H and O–H groups in total. The maximum atomic E-state index is 6.48. The van der Waals surface area contributed by atoms with E-state index in [-0.39, 0.29) is 0 Å². The number of anilines is 3. The van der Waals surface area contributed by atoms with E-state index in [0.29, 0.717) is 0 Å². The highest BCUT2D eigenvalue weighted by atomic mass is 16.3. The quantitative estimate of drug-likeness (QED) is 0.160. The van der Waals surface area contributed by atoms with Crippen LogP contribution in [0.5, 0.6) is 0 Å². The van der Waals surface area contributed by atoms with E-state index >= 15 is 0 Å². The van der Waals surface area contributed by atoms with E-state index < -0.39 is 0 Å². The fraction of sp³-hybridized carbons (Fsp3) is 0. The maximum absolute atomic E-state index is 6.48. The number of benzene rings is 10. The van der Waals surface area contributed by atoms with Crippen LogP contribution in [0.1, 0.15) is 0 Å². The van der Waals surface area contributed by atoms with Crippen molar-refractivity contribution in [2.45, 2.75) is 0 Å². The highest BCUT2D eigenvalue weighted by molar-refractivity contribution is 6.11. The molecule has 1 aromatic heterocycles. The molecule has 0 unspecified atom stereocenters. The molecular weight excluding hydrogens is 679 g/mol. The minimum atomic E-state index is 0.895. The van der Waals surface area contributed by atoms with Crippen molar-refractivity contribution in [3.63, 3.8) is 0 Å². The van der Waals surface area contributed by atoms with E-state index in [0.717, 1.165) is 61.3 Å². The largest absolute Gasteiger partial charge is 0.455 e. The Bertz CT molecular complexity index is 3230. The average molecular weight is 714 g/mol. The predicted octanol–water partition coefficient (Wildman–Crippen LogP) is 15.5. The van der Waals surface area contributed by atoms with Crippen LogP contribution in [-0.4, -0.2) is 0 Å². The second-order valence-corrected chi connectivity index (χ2v) is 14.5. The fourth-order valence-corrected chi connectivity index (χ4v) is 8.45. The van der Waals surface area contributed by atoms with Gasteiger partial charge in [-0.3, -0.25) is 0 Å². The van der Waals surface area contributed by atoms with Crippen LogP contribution in [0.2, 0.25) is 0 Å². The molecule has 262 valence electrons. The van der Waals surface area contributed by atoms with E-state index in [9.17, 15) is 0 Å². The molecule has 0 amide bonds. The summed E-state index contributed by atoms with van der Waals surface area (Å²) in [5.41, 5.74) is 12.1. The van der Waals surface area contributed by atoms with Gasteiger partial charge in [-0.1, -0.05) is 164 Å². The summed E-state index contributed by atoms with van der Waals surface area (Å²) in [7, 11) is 0. The summed E-state index contributed by atoms with van der Waals surface area (Å²) in [5.74, 6) is 0. The third-order valence-corrected chi connectivity index (χ3v) is 11.3. The first-order valence-corrected chi connectivity index (χ1v) is 19.2. The molecular formula is C54H35NO. The summed E-state index contributed by atoms with van der Waals surface area (Å²) in [6.45, 7) is 0. The molecule has 11 aromatic rings. The summed E-state index contributed by atoms with van der Waals surface area (Å²) in [4.78, 5) is 2.38. The average Bonchev–Trinajstić information content (AvgIpc) is 3.65. The Morgan fingerprint density at radius 1 is 0.304 bits per heavy atom. The van der Waals surface area contributed by atoms with Gasteiger partial charge in [0.25, 0.3) is 0 Å². The van der Waals surface area contributed by atoms with Crippen LogP contribution in [0.15, 0.2) is 217 Å². The van der Waals surface area contributed by atoms with Gasteiger partial charge >= 0.3 is 0 Å². The Balaban J connectivity index is 0.972. The molecule has 1 heterocycles. The van der Waals surface area contributed by atoms with Gasteiger partial charge in [-0.25, -0.2) is 0 Å². The molecule has 0 spiro atoms.